The zero-order valence-corrected chi connectivity index (χ0v) is 11.0. The summed E-state index contributed by atoms with van der Waals surface area (Å²) in [6.45, 7) is -0.434. The molecule has 1 atom stereocenters. The SMILES string of the molecule is COCCN(CCO)C(=O)NC(C)(C(=O)O)C(F)(F)F. The highest BCUT2D eigenvalue weighted by molar-refractivity contribution is 5.86. The van der Waals surface area contributed by atoms with Gasteiger partial charge in [-0.05, 0) is 6.92 Å². The molecule has 0 aliphatic rings. The van der Waals surface area contributed by atoms with E-state index >= 15 is 0 Å². The second-order valence-electron chi connectivity index (χ2n) is 4.06. The number of urea groups is 1. The molecule has 0 saturated carbocycles. The maximum atomic E-state index is 12.7. The van der Waals surface area contributed by atoms with Gasteiger partial charge in [-0.15, -0.1) is 0 Å². The van der Waals surface area contributed by atoms with Gasteiger partial charge in [0, 0.05) is 20.2 Å². The predicted molar refractivity (Wildman–Crippen MR) is 61.2 cm³/mol. The normalized spacial score (nSPS) is 14.5. The monoisotopic (exact) mass is 302 g/mol. The lowest BCUT2D eigenvalue weighted by Gasteiger charge is -2.31. The number of halogens is 3. The van der Waals surface area contributed by atoms with Gasteiger partial charge in [0.25, 0.3) is 0 Å². The van der Waals surface area contributed by atoms with Crippen molar-refractivity contribution in [1.82, 2.24) is 10.2 Å². The van der Waals surface area contributed by atoms with Crippen LogP contribution in [0.1, 0.15) is 6.92 Å². The lowest BCUT2D eigenvalue weighted by Crippen LogP contribution is -2.64. The number of nitrogens with one attached hydrogen (secondary N) is 1. The van der Waals surface area contributed by atoms with Crippen molar-refractivity contribution in [2.24, 2.45) is 0 Å². The largest absolute Gasteiger partial charge is 0.479 e. The predicted octanol–water partition coefficient (Wildman–Crippen LogP) is 0.0423. The number of methoxy groups -OCH3 is 1. The van der Waals surface area contributed by atoms with Crippen LogP contribution in [0.5, 0.6) is 0 Å². The standard InChI is InChI=1S/C10H17F3N2O5/c1-9(7(17)18,10(11,12)13)14-8(19)15(3-5-16)4-6-20-2/h16H,3-6H2,1-2H3,(H,14,19)(H,17,18). The molecule has 0 saturated heterocycles. The molecule has 0 spiro atoms. The Morgan fingerprint density at radius 1 is 1.30 bits per heavy atom. The van der Waals surface area contributed by atoms with Crippen molar-refractivity contribution in [3.05, 3.63) is 0 Å². The number of amides is 2. The maximum absolute atomic E-state index is 12.7. The first kappa shape index (κ1) is 18.4. The van der Waals surface area contributed by atoms with Gasteiger partial charge in [0.1, 0.15) is 0 Å². The smallest absolute Gasteiger partial charge is 0.422 e. The highest BCUT2D eigenvalue weighted by Gasteiger charge is 2.58. The zero-order chi connectivity index (χ0) is 16.0. The average molecular weight is 302 g/mol. The Bertz CT molecular complexity index is 350. The molecule has 118 valence electrons. The van der Waals surface area contributed by atoms with Gasteiger partial charge in [0.05, 0.1) is 13.2 Å². The number of nitrogens with zero attached hydrogens (tertiary/aromatic N) is 1. The van der Waals surface area contributed by atoms with Crippen molar-refractivity contribution >= 4 is 12.0 Å². The molecule has 0 aromatic heterocycles. The first-order chi connectivity index (χ1) is 9.10. The molecule has 1 unspecified atom stereocenters. The molecule has 7 nitrogen and oxygen atoms in total. The molecule has 0 aromatic carbocycles. The van der Waals surface area contributed by atoms with E-state index in [4.69, 9.17) is 10.2 Å². The van der Waals surface area contributed by atoms with Crippen molar-refractivity contribution in [3.8, 4) is 0 Å². The number of aliphatic hydroxyl groups is 1. The lowest BCUT2D eigenvalue weighted by molar-refractivity contribution is -0.203. The molecule has 10 heteroatoms. The number of aliphatic carboxylic acids is 1. The number of hydrogen-bond acceptors (Lipinski definition) is 4. The number of carboxylic acids is 1. The van der Waals surface area contributed by atoms with Crippen LogP contribution in [0.3, 0.4) is 0 Å². The minimum absolute atomic E-state index is 0.0310. The average Bonchev–Trinajstić information content (AvgIpc) is 2.32. The number of ether oxygens (including phenoxy) is 1. The van der Waals surface area contributed by atoms with Gasteiger partial charge in [-0.1, -0.05) is 0 Å². The number of aliphatic hydroxyl groups excluding tert-OH is 1. The summed E-state index contributed by atoms with van der Waals surface area (Å²) in [6.07, 6.45) is -5.17. The maximum Gasteiger partial charge on any atom is 0.422 e. The molecule has 2 amide bonds. The third kappa shape index (κ3) is 4.53. The summed E-state index contributed by atoms with van der Waals surface area (Å²) in [6, 6.07) is -1.25. The zero-order valence-electron chi connectivity index (χ0n) is 11.0. The van der Waals surface area contributed by atoms with E-state index in [2.05, 4.69) is 4.74 Å². The number of rotatable bonds is 7. The molecule has 0 aromatic rings. The van der Waals surface area contributed by atoms with Crippen LogP contribution in [0.2, 0.25) is 0 Å². The number of carbonyl (C=O) groups is 2. The fourth-order valence-electron chi connectivity index (χ4n) is 1.18. The van der Waals surface area contributed by atoms with Crippen molar-refractivity contribution in [3.63, 3.8) is 0 Å². The molecule has 0 heterocycles. The molecule has 0 rings (SSSR count). The van der Waals surface area contributed by atoms with Crippen molar-refractivity contribution in [2.45, 2.75) is 18.6 Å². The van der Waals surface area contributed by atoms with Gasteiger partial charge in [0.15, 0.2) is 0 Å². The number of hydrogen-bond donors (Lipinski definition) is 3. The van der Waals surface area contributed by atoms with Crippen molar-refractivity contribution in [1.29, 1.82) is 0 Å². The molecule has 0 aliphatic carbocycles. The molecule has 20 heavy (non-hydrogen) atoms. The van der Waals surface area contributed by atoms with Crippen LogP contribution >= 0.6 is 0 Å². The van der Waals surface area contributed by atoms with Crippen LogP contribution < -0.4 is 5.32 Å². The van der Waals surface area contributed by atoms with E-state index in [0.717, 1.165) is 4.90 Å². The molecular weight excluding hydrogens is 285 g/mol. The number of carboxylic acid groups (broad SMARTS) is 1. The Hall–Kier alpha value is -1.55. The van der Waals surface area contributed by atoms with Crippen LogP contribution in [-0.2, 0) is 9.53 Å². The van der Waals surface area contributed by atoms with E-state index < -0.39 is 30.3 Å². The van der Waals surface area contributed by atoms with Crippen molar-refractivity contribution in [2.75, 3.05) is 33.4 Å². The van der Waals surface area contributed by atoms with Gasteiger partial charge in [-0.3, -0.25) is 0 Å². The number of alkyl halides is 3. The molecule has 0 radical (unpaired) electrons. The Morgan fingerprint density at radius 3 is 2.20 bits per heavy atom. The van der Waals surface area contributed by atoms with Crippen LogP contribution in [0, 0.1) is 0 Å². The first-order valence-corrected chi connectivity index (χ1v) is 5.57. The van der Waals surface area contributed by atoms with Gasteiger partial charge < -0.3 is 25.2 Å². The molecule has 0 bridgehead atoms. The topological polar surface area (TPSA) is 99.1 Å². The van der Waals surface area contributed by atoms with E-state index in [9.17, 15) is 22.8 Å². The molecule has 0 aliphatic heterocycles. The molecule has 0 fully saturated rings. The van der Waals surface area contributed by atoms with Gasteiger partial charge >= 0.3 is 18.2 Å². The Labute approximate surface area is 113 Å². The summed E-state index contributed by atoms with van der Waals surface area (Å²) in [7, 11) is 1.33. The summed E-state index contributed by atoms with van der Waals surface area (Å²) in [5.74, 6) is -2.23. The minimum atomic E-state index is -5.17. The van der Waals surface area contributed by atoms with Crippen LogP contribution in [0.25, 0.3) is 0 Å². The highest BCUT2D eigenvalue weighted by Crippen LogP contribution is 2.30. The second-order valence-corrected chi connectivity index (χ2v) is 4.06. The minimum Gasteiger partial charge on any atom is -0.479 e. The highest BCUT2D eigenvalue weighted by atomic mass is 19.4. The summed E-state index contributed by atoms with van der Waals surface area (Å²) >= 11 is 0. The molecule has 3 N–H and O–H groups in total. The molecular formula is C10H17F3N2O5. The van der Waals surface area contributed by atoms with E-state index in [0.29, 0.717) is 6.92 Å². The van der Waals surface area contributed by atoms with Crippen LogP contribution in [0.15, 0.2) is 0 Å². The van der Waals surface area contributed by atoms with Gasteiger partial charge in [0.2, 0.25) is 5.54 Å². The summed E-state index contributed by atoms with van der Waals surface area (Å²) < 4.78 is 42.9. The van der Waals surface area contributed by atoms with E-state index in [-0.39, 0.29) is 19.7 Å². The summed E-state index contributed by atoms with van der Waals surface area (Å²) in [4.78, 5) is 23.3. The summed E-state index contributed by atoms with van der Waals surface area (Å²) in [5.41, 5.74) is -3.41. The number of carbonyl (C=O) groups excluding carboxylic acids is 1. The van der Waals surface area contributed by atoms with E-state index in [1.165, 1.54) is 12.4 Å². The fraction of sp³-hybridized carbons (Fsp3) is 0.800. The third-order valence-electron chi connectivity index (χ3n) is 2.57. The van der Waals surface area contributed by atoms with Gasteiger partial charge in [-0.25, -0.2) is 9.59 Å². The summed E-state index contributed by atoms with van der Waals surface area (Å²) in [5, 5.41) is 18.9. The Morgan fingerprint density at radius 2 is 1.85 bits per heavy atom. The first-order valence-electron chi connectivity index (χ1n) is 5.57. The van der Waals surface area contributed by atoms with Gasteiger partial charge in [-0.2, -0.15) is 13.2 Å². The van der Waals surface area contributed by atoms with E-state index in [1.54, 1.807) is 0 Å². The van der Waals surface area contributed by atoms with E-state index in [1.807, 2.05) is 0 Å². The van der Waals surface area contributed by atoms with Crippen LogP contribution in [0.4, 0.5) is 18.0 Å². The Kier molecular flexibility index (Phi) is 6.73. The Balaban J connectivity index is 5.02. The fourth-order valence-corrected chi connectivity index (χ4v) is 1.18. The van der Waals surface area contributed by atoms with Crippen molar-refractivity contribution < 1.29 is 37.7 Å². The quantitative estimate of drug-likeness (QED) is 0.617. The third-order valence-corrected chi connectivity index (χ3v) is 2.57. The lowest BCUT2D eigenvalue weighted by atomic mass is 10.0. The second kappa shape index (κ2) is 7.29. The van der Waals surface area contributed by atoms with Crippen LogP contribution in [-0.4, -0.2) is 72.2 Å².